The van der Waals surface area contributed by atoms with Gasteiger partial charge >= 0.3 is 0 Å². The number of carbonyl (C=O) groups excluding carboxylic acids is 1. The maximum Gasteiger partial charge on any atom is 0.257 e. The first-order valence-electron chi connectivity index (χ1n) is 8.31. The second kappa shape index (κ2) is 7.20. The Morgan fingerprint density at radius 2 is 1.96 bits per heavy atom. The first-order valence-corrected chi connectivity index (χ1v) is 8.31. The van der Waals surface area contributed by atoms with Gasteiger partial charge in [-0.25, -0.2) is 9.67 Å². The fraction of sp³-hybridized carbons (Fsp3) is 0.105. The monoisotopic (exact) mass is 360 g/mol. The molecule has 0 aliphatic heterocycles. The third-order valence-corrected chi connectivity index (χ3v) is 3.99. The number of nitrogens with one attached hydrogen (secondary N) is 1. The molecule has 0 bridgehead atoms. The van der Waals surface area contributed by atoms with Crippen LogP contribution in [0.1, 0.15) is 21.7 Å². The Morgan fingerprint density at radius 3 is 2.67 bits per heavy atom. The molecule has 0 atom stereocenters. The van der Waals surface area contributed by atoms with E-state index >= 15 is 0 Å². The van der Waals surface area contributed by atoms with Crippen LogP contribution >= 0.6 is 0 Å². The van der Waals surface area contributed by atoms with Crippen LogP contribution in [-0.4, -0.2) is 30.8 Å². The molecule has 0 radical (unpaired) electrons. The van der Waals surface area contributed by atoms with Gasteiger partial charge in [-0.1, -0.05) is 23.4 Å². The van der Waals surface area contributed by atoms with Crippen LogP contribution in [0.2, 0.25) is 0 Å². The molecule has 0 aliphatic rings. The van der Waals surface area contributed by atoms with Crippen LogP contribution in [0.15, 0.2) is 65.7 Å². The average molecular weight is 360 g/mol. The number of aryl methyl sites for hydroxylation is 1. The van der Waals surface area contributed by atoms with Crippen molar-refractivity contribution in [2.24, 2.45) is 0 Å². The SMILES string of the molecule is Cc1noc(-c2ccc(C(=O)Nc3ccccc3Cn3cncn3)cc2)n1. The Kier molecular flexibility index (Phi) is 4.44. The molecule has 27 heavy (non-hydrogen) atoms. The summed E-state index contributed by atoms with van der Waals surface area (Å²) < 4.78 is 6.84. The van der Waals surface area contributed by atoms with Crippen LogP contribution in [0, 0.1) is 6.92 Å². The minimum Gasteiger partial charge on any atom is -0.334 e. The predicted octanol–water partition coefficient (Wildman–Crippen LogP) is 2.94. The van der Waals surface area contributed by atoms with E-state index in [4.69, 9.17) is 4.52 Å². The molecule has 0 fully saturated rings. The normalized spacial score (nSPS) is 10.7. The van der Waals surface area contributed by atoms with E-state index < -0.39 is 0 Å². The lowest BCUT2D eigenvalue weighted by Crippen LogP contribution is -2.14. The summed E-state index contributed by atoms with van der Waals surface area (Å²) in [6.45, 7) is 2.28. The van der Waals surface area contributed by atoms with Crippen molar-refractivity contribution < 1.29 is 9.32 Å². The number of benzene rings is 2. The van der Waals surface area contributed by atoms with Gasteiger partial charge in [-0.05, 0) is 42.8 Å². The summed E-state index contributed by atoms with van der Waals surface area (Å²) in [5, 5.41) is 10.8. The summed E-state index contributed by atoms with van der Waals surface area (Å²) in [7, 11) is 0. The molecule has 2 aromatic carbocycles. The molecule has 8 nitrogen and oxygen atoms in total. The van der Waals surface area contributed by atoms with E-state index in [2.05, 4.69) is 25.5 Å². The molecule has 0 aliphatic carbocycles. The van der Waals surface area contributed by atoms with E-state index in [0.29, 0.717) is 23.8 Å². The van der Waals surface area contributed by atoms with Crippen molar-refractivity contribution in [2.75, 3.05) is 5.32 Å². The molecule has 0 spiro atoms. The maximum atomic E-state index is 12.6. The van der Waals surface area contributed by atoms with Crippen molar-refractivity contribution in [3.63, 3.8) is 0 Å². The standard InChI is InChI=1S/C19H16N6O2/c1-13-22-19(27-24-13)15-8-6-14(7-9-15)18(26)23-17-5-3-2-4-16(17)10-25-12-20-11-21-25/h2-9,11-12H,10H2,1H3,(H,23,26). The minimum atomic E-state index is -0.200. The minimum absolute atomic E-state index is 0.200. The summed E-state index contributed by atoms with van der Waals surface area (Å²) in [6, 6.07) is 14.6. The number of anilines is 1. The molecule has 0 saturated heterocycles. The van der Waals surface area contributed by atoms with Crippen molar-refractivity contribution in [1.82, 2.24) is 24.9 Å². The molecule has 2 aromatic heterocycles. The third-order valence-electron chi connectivity index (χ3n) is 3.99. The van der Waals surface area contributed by atoms with Gasteiger partial charge in [0.15, 0.2) is 5.82 Å². The van der Waals surface area contributed by atoms with Crippen molar-refractivity contribution in [2.45, 2.75) is 13.5 Å². The van der Waals surface area contributed by atoms with Gasteiger partial charge in [-0.15, -0.1) is 0 Å². The van der Waals surface area contributed by atoms with E-state index in [0.717, 1.165) is 16.8 Å². The van der Waals surface area contributed by atoms with Gasteiger partial charge < -0.3 is 9.84 Å². The number of carbonyl (C=O) groups is 1. The number of para-hydroxylation sites is 1. The van der Waals surface area contributed by atoms with Gasteiger partial charge in [0.05, 0.1) is 6.54 Å². The van der Waals surface area contributed by atoms with Crippen molar-refractivity contribution >= 4 is 11.6 Å². The summed E-state index contributed by atoms with van der Waals surface area (Å²) in [6.07, 6.45) is 3.12. The second-order valence-electron chi connectivity index (χ2n) is 5.93. The van der Waals surface area contributed by atoms with Crippen LogP contribution < -0.4 is 5.32 Å². The molecular weight excluding hydrogens is 344 g/mol. The predicted molar refractivity (Wildman–Crippen MR) is 98.0 cm³/mol. The van der Waals surface area contributed by atoms with Crippen molar-refractivity contribution in [3.05, 3.63) is 78.1 Å². The van der Waals surface area contributed by atoms with Crippen LogP contribution in [-0.2, 0) is 6.54 Å². The largest absolute Gasteiger partial charge is 0.334 e. The van der Waals surface area contributed by atoms with Crippen molar-refractivity contribution in [3.8, 4) is 11.5 Å². The van der Waals surface area contributed by atoms with E-state index in [1.807, 2.05) is 24.3 Å². The van der Waals surface area contributed by atoms with E-state index in [-0.39, 0.29) is 5.91 Å². The van der Waals surface area contributed by atoms with E-state index in [1.54, 1.807) is 42.2 Å². The lowest BCUT2D eigenvalue weighted by molar-refractivity contribution is 0.102. The molecule has 8 heteroatoms. The van der Waals surface area contributed by atoms with Gasteiger partial charge in [0, 0.05) is 16.8 Å². The molecule has 4 aromatic rings. The zero-order valence-corrected chi connectivity index (χ0v) is 14.5. The molecule has 0 saturated carbocycles. The maximum absolute atomic E-state index is 12.6. The number of aromatic nitrogens is 5. The topological polar surface area (TPSA) is 98.7 Å². The summed E-state index contributed by atoms with van der Waals surface area (Å²) in [4.78, 5) is 20.7. The quantitative estimate of drug-likeness (QED) is 0.587. The van der Waals surface area contributed by atoms with Crippen LogP contribution in [0.5, 0.6) is 0 Å². The summed E-state index contributed by atoms with van der Waals surface area (Å²) in [5.74, 6) is 0.794. The second-order valence-corrected chi connectivity index (χ2v) is 5.93. The number of hydrogen-bond donors (Lipinski definition) is 1. The third kappa shape index (κ3) is 3.74. The smallest absolute Gasteiger partial charge is 0.257 e. The Labute approximate surface area is 154 Å². The highest BCUT2D eigenvalue weighted by Crippen LogP contribution is 2.20. The Balaban J connectivity index is 1.51. The number of amides is 1. The molecule has 4 rings (SSSR count). The Bertz CT molecular complexity index is 1050. The van der Waals surface area contributed by atoms with Gasteiger partial charge in [-0.2, -0.15) is 10.1 Å². The Hall–Kier alpha value is -3.81. The molecule has 134 valence electrons. The number of nitrogens with zero attached hydrogens (tertiary/aromatic N) is 5. The lowest BCUT2D eigenvalue weighted by Gasteiger charge is -2.11. The van der Waals surface area contributed by atoms with Crippen LogP contribution in [0.4, 0.5) is 5.69 Å². The first-order chi connectivity index (χ1) is 13.2. The number of hydrogen-bond acceptors (Lipinski definition) is 6. The highest BCUT2D eigenvalue weighted by atomic mass is 16.5. The van der Waals surface area contributed by atoms with Gasteiger partial charge in [-0.3, -0.25) is 4.79 Å². The molecule has 1 N–H and O–H groups in total. The zero-order valence-electron chi connectivity index (χ0n) is 14.5. The first kappa shape index (κ1) is 16.6. The summed E-state index contributed by atoms with van der Waals surface area (Å²) >= 11 is 0. The molecule has 0 unspecified atom stereocenters. The lowest BCUT2D eigenvalue weighted by atomic mass is 10.1. The Morgan fingerprint density at radius 1 is 1.15 bits per heavy atom. The molecule has 2 heterocycles. The van der Waals surface area contributed by atoms with Crippen molar-refractivity contribution in [1.29, 1.82) is 0 Å². The number of rotatable bonds is 5. The van der Waals surface area contributed by atoms with Gasteiger partial charge in [0.25, 0.3) is 11.8 Å². The fourth-order valence-corrected chi connectivity index (χ4v) is 2.64. The van der Waals surface area contributed by atoms with E-state index in [9.17, 15) is 4.79 Å². The van der Waals surface area contributed by atoms with E-state index in [1.165, 1.54) is 6.33 Å². The zero-order chi connectivity index (χ0) is 18.6. The van der Waals surface area contributed by atoms with Gasteiger partial charge in [0.1, 0.15) is 12.7 Å². The fourth-order valence-electron chi connectivity index (χ4n) is 2.64. The molecule has 1 amide bonds. The average Bonchev–Trinajstić information content (AvgIpc) is 3.35. The van der Waals surface area contributed by atoms with Crippen LogP contribution in [0.3, 0.4) is 0 Å². The van der Waals surface area contributed by atoms with Crippen LogP contribution in [0.25, 0.3) is 11.5 Å². The summed E-state index contributed by atoms with van der Waals surface area (Å²) in [5.41, 5.74) is 2.97. The highest BCUT2D eigenvalue weighted by Gasteiger charge is 2.11. The highest BCUT2D eigenvalue weighted by molar-refractivity contribution is 6.04. The van der Waals surface area contributed by atoms with Gasteiger partial charge in [0.2, 0.25) is 0 Å². The molecular formula is C19H16N6O2.